The summed E-state index contributed by atoms with van der Waals surface area (Å²) in [7, 11) is 0. The minimum atomic E-state index is -1.48. The number of fused-ring (bicyclic) bond motifs is 1. The average Bonchev–Trinajstić information content (AvgIpc) is 3.61. The number of phenols is 2. The zero-order valence-electron chi connectivity index (χ0n) is 30.6. The molecule has 11 N–H and O–H groups in total. The number of hydrogen-bond acceptors (Lipinski definition) is 9. The number of carbonyl (C=O) groups excluding carboxylic acids is 6. The summed E-state index contributed by atoms with van der Waals surface area (Å²) in [5, 5.41) is 36.4. The lowest BCUT2D eigenvalue weighted by Gasteiger charge is -2.26. The molecule has 1 aliphatic rings. The van der Waals surface area contributed by atoms with Crippen molar-refractivity contribution in [3.05, 3.63) is 126 Å². The van der Waals surface area contributed by atoms with Crippen LogP contribution in [0.2, 0.25) is 0 Å². The fourth-order valence-electron chi connectivity index (χ4n) is 6.44. The Kier molecular flexibility index (Phi) is 12.3. The highest BCUT2D eigenvalue weighted by Crippen LogP contribution is 2.20. The molecule has 0 radical (unpaired) electrons. The van der Waals surface area contributed by atoms with Crippen molar-refractivity contribution in [3.63, 3.8) is 0 Å². The molecule has 4 atom stereocenters. The van der Waals surface area contributed by atoms with Gasteiger partial charge in [-0.25, -0.2) is 0 Å². The fraction of sp³-hybridized carbons (Fsp3) is 0.220. The molecule has 6 rings (SSSR count). The maximum atomic E-state index is 14.2. The van der Waals surface area contributed by atoms with Crippen molar-refractivity contribution in [1.82, 2.24) is 36.9 Å². The molecule has 4 aromatic carbocycles. The van der Waals surface area contributed by atoms with Gasteiger partial charge in [-0.15, -0.1) is 0 Å². The number of nitrogens with two attached hydrogens (primary N) is 1. The predicted molar refractivity (Wildman–Crippen MR) is 210 cm³/mol. The van der Waals surface area contributed by atoms with E-state index in [1.54, 1.807) is 42.6 Å². The second-order valence-corrected chi connectivity index (χ2v) is 13.6. The van der Waals surface area contributed by atoms with E-state index >= 15 is 0 Å². The number of amides is 6. The predicted octanol–water partition coefficient (Wildman–Crippen LogP) is 0.688. The van der Waals surface area contributed by atoms with Gasteiger partial charge in [-0.05, 0) is 59.2 Å². The van der Waals surface area contributed by atoms with Crippen molar-refractivity contribution in [1.29, 1.82) is 0 Å². The molecule has 1 aromatic heterocycles. The number of nitrogen functional groups attached to an aromatic ring is 1. The van der Waals surface area contributed by atoms with Crippen molar-refractivity contribution in [2.75, 3.05) is 18.8 Å². The van der Waals surface area contributed by atoms with E-state index in [-0.39, 0.29) is 42.0 Å². The number of aromatic hydroxyl groups is 2. The number of carbonyl (C=O) groups is 6. The lowest BCUT2D eigenvalue weighted by molar-refractivity contribution is -0.133. The van der Waals surface area contributed by atoms with Crippen LogP contribution in [0, 0.1) is 0 Å². The molecule has 6 amide bonds. The summed E-state index contributed by atoms with van der Waals surface area (Å²) in [5.41, 5.74) is 8.90. The Morgan fingerprint density at radius 3 is 1.79 bits per heavy atom. The molecular weight excluding hydrogens is 732 g/mol. The first-order valence-electron chi connectivity index (χ1n) is 18.1. The number of anilines is 1. The van der Waals surface area contributed by atoms with Crippen LogP contribution in [-0.2, 0) is 43.2 Å². The number of aromatic nitrogens is 1. The van der Waals surface area contributed by atoms with Crippen molar-refractivity contribution >= 4 is 52.0 Å². The molecule has 294 valence electrons. The maximum Gasteiger partial charge on any atom is 0.253 e. The molecule has 0 spiro atoms. The first kappa shape index (κ1) is 39.3. The lowest BCUT2D eigenvalue weighted by Crippen LogP contribution is -2.60. The van der Waals surface area contributed by atoms with E-state index < -0.39 is 72.7 Å². The van der Waals surface area contributed by atoms with Gasteiger partial charge in [0.1, 0.15) is 35.7 Å². The SMILES string of the molecule is Nc1ccccc1C(=O)NC[C@@H]1NC(=O)[C@H](Cc2ccc(O)cc2)NC(=O)[C@H](Cc2ccc(O)cc2)NC(=O)CNC(=O)[C@H](Cc2c[nH]c3ccccc23)NC1=O. The van der Waals surface area contributed by atoms with Crippen LogP contribution >= 0.6 is 0 Å². The summed E-state index contributed by atoms with van der Waals surface area (Å²) in [6.45, 7) is -1.01. The van der Waals surface area contributed by atoms with E-state index in [2.05, 4.69) is 36.9 Å². The number of H-pyrrole nitrogens is 1. The molecule has 0 bridgehead atoms. The zero-order chi connectivity index (χ0) is 40.5. The summed E-state index contributed by atoms with van der Waals surface area (Å²) >= 11 is 0. The minimum absolute atomic E-state index is 0.00835. The van der Waals surface area contributed by atoms with E-state index in [1.807, 2.05) is 24.3 Å². The van der Waals surface area contributed by atoms with Gasteiger partial charge in [0.05, 0.1) is 12.1 Å². The Labute approximate surface area is 326 Å². The quantitative estimate of drug-likeness (QED) is 0.0945. The number of hydrogen-bond donors (Lipinski definition) is 10. The maximum absolute atomic E-state index is 14.2. The van der Waals surface area contributed by atoms with Gasteiger partial charge in [0.2, 0.25) is 29.5 Å². The van der Waals surface area contributed by atoms with Crippen molar-refractivity contribution < 1.29 is 39.0 Å². The molecule has 1 fully saturated rings. The highest BCUT2D eigenvalue weighted by atomic mass is 16.3. The second-order valence-electron chi connectivity index (χ2n) is 13.6. The lowest BCUT2D eigenvalue weighted by atomic mass is 10.0. The third kappa shape index (κ3) is 10.2. The number of rotatable bonds is 9. The Morgan fingerprint density at radius 2 is 1.16 bits per heavy atom. The molecular formula is C41H42N8O8. The summed E-state index contributed by atoms with van der Waals surface area (Å²) in [4.78, 5) is 85.9. The number of aromatic amines is 1. The third-order valence-corrected chi connectivity index (χ3v) is 9.50. The number of nitrogens with one attached hydrogen (secondary N) is 7. The number of phenolic OH excluding ortho intramolecular Hbond substituents is 2. The number of para-hydroxylation sites is 2. The molecule has 1 saturated heterocycles. The summed E-state index contributed by atoms with van der Waals surface area (Å²) in [6.07, 6.45) is 1.51. The van der Waals surface area contributed by atoms with E-state index in [9.17, 15) is 39.0 Å². The first-order valence-corrected chi connectivity index (χ1v) is 18.1. The standard InChI is InChI=1S/C41H42N8O8/c42-30-7-3-1-6-29(30)37(53)44-21-35-41(57)48-34(19-25-20-43-31-8-4-2-5-28(25)31)38(54)45-22-36(52)46-32(17-23-9-13-26(50)14-10-23)39(55)47-33(40(56)49-35)18-24-11-15-27(51)16-12-24/h1-16,20,32-35,43,50-51H,17-19,21-22,42H2,(H,44,53)(H,45,54)(H,46,52)(H,47,55)(H,48,57)(H,49,56)/t32-,33-,34-,35-/m0/s1. The van der Waals surface area contributed by atoms with Crippen LogP contribution in [0.15, 0.2) is 103 Å². The average molecular weight is 775 g/mol. The van der Waals surface area contributed by atoms with Gasteiger partial charge in [-0.2, -0.15) is 0 Å². The molecule has 5 aromatic rings. The van der Waals surface area contributed by atoms with Gasteiger partial charge in [-0.3, -0.25) is 28.8 Å². The van der Waals surface area contributed by atoms with Gasteiger partial charge >= 0.3 is 0 Å². The molecule has 57 heavy (non-hydrogen) atoms. The van der Waals surface area contributed by atoms with Crippen LogP contribution in [0.4, 0.5) is 5.69 Å². The van der Waals surface area contributed by atoms with Gasteiger partial charge in [0, 0.05) is 48.6 Å². The van der Waals surface area contributed by atoms with Crippen LogP contribution in [0.25, 0.3) is 10.9 Å². The van der Waals surface area contributed by atoms with Gasteiger partial charge in [0.25, 0.3) is 5.91 Å². The van der Waals surface area contributed by atoms with E-state index in [0.717, 1.165) is 10.9 Å². The topological polar surface area (TPSA) is 257 Å². The highest BCUT2D eigenvalue weighted by molar-refractivity contribution is 6.00. The van der Waals surface area contributed by atoms with Crippen molar-refractivity contribution in [2.24, 2.45) is 0 Å². The molecule has 1 aliphatic heterocycles. The summed E-state index contributed by atoms with van der Waals surface area (Å²) < 4.78 is 0. The Hall–Kier alpha value is -7.36. The summed E-state index contributed by atoms with van der Waals surface area (Å²) in [6, 6.07) is 20.2. The highest BCUT2D eigenvalue weighted by Gasteiger charge is 2.33. The summed E-state index contributed by atoms with van der Waals surface area (Å²) in [5.74, 6) is -4.55. The minimum Gasteiger partial charge on any atom is -0.508 e. The smallest absolute Gasteiger partial charge is 0.253 e. The van der Waals surface area contributed by atoms with Gasteiger partial charge in [-0.1, -0.05) is 54.6 Å². The van der Waals surface area contributed by atoms with Crippen LogP contribution < -0.4 is 37.6 Å². The fourth-order valence-corrected chi connectivity index (χ4v) is 6.44. The largest absolute Gasteiger partial charge is 0.508 e. The van der Waals surface area contributed by atoms with E-state index in [4.69, 9.17) is 5.73 Å². The Balaban J connectivity index is 1.35. The third-order valence-electron chi connectivity index (χ3n) is 9.50. The zero-order valence-corrected chi connectivity index (χ0v) is 30.6. The molecule has 16 nitrogen and oxygen atoms in total. The normalized spacial score (nSPS) is 19.5. The molecule has 0 aliphatic carbocycles. The Morgan fingerprint density at radius 1 is 0.632 bits per heavy atom. The van der Waals surface area contributed by atoms with Crippen molar-refractivity contribution in [2.45, 2.75) is 43.4 Å². The van der Waals surface area contributed by atoms with Crippen LogP contribution in [0.1, 0.15) is 27.0 Å². The van der Waals surface area contributed by atoms with Crippen LogP contribution in [0.5, 0.6) is 11.5 Å². The van der Waals surface area contributed by atoms with Crippen molar-refractivity contribution in [3.8, 4) is 11.5 Å². The van der Waals surface area contributed by atoms with Crippen LogP contribution in [0.3, 0.4) is 0 Å². The monoisotopic (exact) mass is 774 g/mol. The molecule has 0 unspecified atom stereocenters. The van der Waals surface area contributed by atoms with Crippen LogP contribution in [-0.4, -0.2) is 87.9 Å². The van der Waals surface area contributed by atoms with Gasteiger partial charge in [0.15, 0.2) is 0 Å². The molecule has 2 heterocycles. The van der Waals surface area contributed by atoms with E-state index in [0.29, 0.717) is 16.7 Å². The number of benzene rings is 4. The second kappa shape index (κ2) is 17.9. The first-order chi connectivity index (χ1) is 27.4. The molecule has 16 heteroatoms. The van der Waals surface area contributed by atoms with Gasteiger partial charge < -0.3 is 52.8 Å². The Bertz CT molecular complexity index is 2270. The van der Waals surface area contributed by atoms with E-state index in [1.165, 1.54) is 36.4 Å². The molecule has 0 saturated carbocycles.